The maximum atomic E-state index is 13.4. The minimum Gasteiger partial charge on any atom is -0.348 e. The van der Waals surface area contributed by atoms with Gasteiger partial charge in [-0.2, -0.15) is 4.31 Å². The first-order valence-electron chi connectivity index (χ1n) is 10.7. The van der Waals surface area contributed by atoms with Crippen molar-refractivity contribution in [2.75, 3.05) is 6.54 Å². The van der Waals surface area contributed by atoms with E-state index in [-0.39, 0.29) is 29.9 Å². The molecule has 1 amide bonds. The number of nitrogens with zero attached hydrogens (tertiary/aromatic N) is 1. The molecule has 0 heterocycles. The van der Waals surface area contributed by atoms with Gasteiger partial charge in [0.05, 0.1) is 17.5 Å². The minimum atomic E-state index is -3.88. The van der Waals surface area contributed by atoms with Gasteiger partial charge in [-0.3, -0.25) is 4.79 Å². The average molecular weight is 530 g/mol. The molecule has 0 aromatic heterocycles. The third-order valence-corrected chi connectivity index (χ3v) is 8.03. The van der Waals surface area contributed by atoms with E-state index >= 15 is 0 Å². The highest BCUT2D eigenvalue weighted by atomic mass is 79.9. The Hall–Kier alpha value is -2.48. The normalized spacial score (nSPS) is 12.5. The lowest BCUT2D eigenvalue weighted by molar-refractivity contribution is -0.122. The van der Waals surface area contributed by atoms with E-state index in [0.29, 0.717) is 0 Å². The molecule has 174 valence electrons. The van der Waals surface area contributed by atoms with Crippen molar-refractivity contribution in [2.24, 2.45) is 0 Å². The van der Waals surface area contributed by atoms with Crippen LogP contribution in [0.15, 0.2) is 76.1 Å². The van der Waals surface area contributed by atoms with Gasteiger partial charge in [0.25, 0.3) is 0 Å². The van der Waals surface area contributed by atoms with E-state index in [0.717, 1.165) is 26.7 Å². The van der Waals surface area contributed by atoms with Crippen molar-refractivity contribution in [1.82, 2.24) is 9.62 Å². The van der Waals surface area contributed by atoms with Crippen molar-refractivity contribution in [3.8, 4) is 0 Å². The van der Waals surface area contributed by atoms with Gasteiger partial charge >= 0.3 is 0 Å². The van der Waals surface area contributed by atoms with Gasteiger partial charge in [0.2, 0.25) is 15.9 Å². The van der Waals surface area contributed by atoms with E-state index in [1.54, 1.807) is 12.1 Å². The van der Waals surface area contributed by atoms with Crippen LogP contribution in [0.25, 0.3) is 0 Å². The predicted octanol–water partition coefficient (Wildman–Crippen LogP) is 5.44. The van der Waals surface area contributed by atoms with E-state index in [1.807, 2.05) is 51.1 Å². The van der Waals surface area contributed by atoms with Crippen LogP contribution in [0.3, 0.4) is 0 Å². The smallest absolute Gasteiger partial charge is 0.243 e. The molecule has 1 unspecified atom stereocenters. The van der Waals surface area contributed by atoms with Crippen molar-refractivity contribution in [1.29, 1.82) is 0 Å². The summed E-state index contributed by atoms with van der Waals surface area (Å²) >= 11 is 3.34. The summed E-state index contributed by atoms with van der Waals surface area (Å²) in [5.74, 6) is -0.350. The van der Waals surface area contributed by atoms with Crippen molar-refractivity contribution < 1.29 is 13.2 Å². The number of carbonyl (C=O) groups is 1. The van der Waals surface area contributed by atoms with Crippen molar-refractivity contribution in [3.05, 3.63) is 99.0 Å². The first-order chi connectivity index (χ1) is 15.6. The number of amides is 1. The lowest BCUT2D eigenvalue weighted by Gasteiger charge is -2.24. The third kappa shape index (κ3) is 6.31. The number of hydrogen-bond acceptors (Lipinski definition) is 3. The maximum Gasteiger partial charge on any atom is 0.243 e. The second-order valence-electron chi connectivity index (χ2n) is 8.29. The van der Waals surface area contributed by atoms with Crippen LogP contribution in [0, 0.1) is 20.8 Å². The molecule has 0 bridgehead atoms. The van der Waals surface area contributed by atoms with Gasteiger partial charge < -0.3 is 5.32 Å². The van der Waals surface area contributed by atoms with Gasteiger partial charge in [-0.05, 0) is 79.8 Å². The zero-order valence-corrected chi connectivity index (χ0v) is 21.7. The maximum absolute atomic E-state index is 13.4. The molecule has 0 aliphatic carbocycles. The summed E-state index contributed by atoms with van der Waals surface area (Å²) in [6.45, 7) is 7.86. The topological polar surface area (TPSA) is 66.5 Å². The third-order valence-electron chi connectivity index (χ3n) is 5.70. The van der Waals surface area contributed by atoms with E-state index in [1.165, 1.54) is 22.0 Å². The van der Waals surface area contributed by atoms with Gasteiger partial charge in [0.15, 0.2) is 0 Å². The van der Waals surface area contributed by atoms with Crippen LogP contribution in [0.2, 0.25) is 0 Å². The predicted molar refractivity (Wildman–Crippen MR) is 135 cm³/mol. The van der Waals surface area contributed by atoms with Gasteiger partial charge in [-0.25, -0.2) is 8.42 Å². The largest absolute Gasteiger partial charge is 0.348 e. The molecule has 0 spiro atoms. The van der Waals surface area contributed by atoms with Crippen LogP contribution in [0.4, 0.5) is 0 Å². The van der Waals surface area contributed by atoms with Gasteiger partial charge in [0.1, 0.15) is 0 Å². The van der Waals surface area contributed by atoms with Crippen LogP contribution in [-0.2, 0) is 21.4 Å². The fraction of sp³-hybridized carbons (Fsp3) is 0.269. The summed E-state index contributed by atoms with van der Waals surface area (Å²) in [5, 5.41) is 2.98. The Morgan fingerprint density at radius 3 is 2.18 bits per heavy atom. The van der Waals surface area contributed by atoms with Gasteiger partial charge in [-0.15, -0.1) is 0 Å². The van der Waals surface area contributed by atoms with Crippen molar-refractivity contribution >= 4 is 31.9 Å². The molecule has 0 fully saturated rings. The monoisotopic (exact) mass is 528 g/mol. The Bertz CT molecular complexity index is 1230. The number of benzene rings is 3. The van der Waals surface area contributed by atoms with Crippen molar-refractivity contribution in [2.45, 2.75) is 45.2 Å². The van der Waals surface area contributed by atoms with E-state index in [4.69, 9.17) is 0 Å². The summed E-state index contributed by atoms with van der Waals surface area (Å²) in [6.07, 6.45) is 0. The number of carbonyl (C=O) groups excluding carboxylic acids is 1. The molecule has 7 heteroatoms. The molecule has 0 radical (unpaired) electrons. The molecule has 0 aliphatic rings. The van der Waals surface area contributed by atoms with Crippen LogP contribution < -0.4 is 5.32 Å². The van der Waals surface area contributed by atoms with Crippen molar-refractivity contribution in [3.63, 3.8) is 0 Å². The van der Waals surface area contributed by atoms with Crippen LogP contribution in [-0.4, -0.2) is 25.2 Å². The standard InChI is InChI=1S/C26H29BrN2O3S/c1-18-14-20(3)25(15-19(18)2)21(4)28-26(30)17-29(16-22-8-6-5-7-9-22)33(31,32)24-12-10-23(27)11-13-24/h5-15,21H,16-17H2,1-4H3,(H,28,30). The summed E-state index contributed by atoms with van der Waals surface area (Å²) in [7, 11) is -3.88. The first kappa shape index (κ1) is 25.1. The summed E-state index contributed by atoms with van der Waals surface area (Å²) in [6, 6.07) is 19.6. The molecule has 1 atom stereocenters. The highest BCUT2D eigenvalue weighted by Gasteiger charge is 2.27. The Labute approximate surface area is 205 Å². The number of halogens is 1. The number of nitrogens with one attached hydrogen (secondary N) is 1. The Morgan fingerprint density at radius 1 is 0.939 bits per heavy atom. The van der Waals surface area contributed by atoms with Crippen LogP contribution in [0.1, 0.15) is 40.8 Å². The number of rotatable bonds is 8. The molecule has 5 nitrogen and oxygen atoms in total. The minimum absolute atomic E-state index is 0.101. The molecule has 33 heavy (non-hydrogen) atoms. The summed E-state index contributed by atoms with van der Waals surface area (Å²) in [5.41, 5.74) is 5.28. The lowest BCUT2D eigenvalue weighted by Crippen LogP contribution is -2.41. The van der Waals surface area contributed by atoms with E-state index < -0.39 is 10.0 Å². The number of hydrogen-bond donors (Lipinski definition) is 1. The molecule has 3 aromatic rings. The highest BCUT2D eigenvalue weighted by Crippen LogP contribution is 2.23. The molecule has 0 saturated heterocycles. The molecule has 1 N–H and O–H groups in total. The quantitative estimate of drug-likeness (QED) is 0.423. The van der Waals surface area contributed by atoms with Crippen LogP contribution in [0.5, 0.6) is 0 Å². The fourth-order valence-corrected chi connectivity index (χ4v) is 5.39. The highest BCUT2D eigenvalue weighted by molar-refractivity contribution is 9.10. The SMILES string of the molecule is Cc1cc(C)c(C(C)NC(=O)CN(Cc2ccccc2)S(=O)(=O)c2ccc(Br)cc2)cc1C. The molecular formula is C26H29BrN2O3S. The molecule has 3 aromatic carbocycles. The Morgan fingerprint density at radius 2 is 1.55 bits per heavy atom. The van der Waals surface area contributed by atoms with E-state index in [2.05, 4.69) is 40.3 Å². The van der Waals surface area contributed by atoms with Crippen LogP contribution >= 0.6 is 15.9 Å². The second-order valence-corrected chi connectivity index (χ2v) is 11.1. The van der Waals surface area contributed by atoms with Gasteiger partial charge in [0, 0.05) is 11.0 Å². The number of aryl methyl sites for hydroxylation is 3. The lowest BCUT2D eigenvalue weighted by atomic mass is 9.96. The molecule has 0 saturated carbocycles. The molecular weight excluding hydrogens is 500 g/mol. The summed E-state index contributed by atoms with van der Waals surface area (Å²) in [4.78, 5) is 13.1. The van der Waals surface area contributed by atoms with Gasteiger partial charge in [-0.1, -0.05) is 58.4 Å². The average Bonchev–Trinajstić information content (AvgIpc) is 2.76. The first-order valence-corrected chi connectivity index (χ1v) is 13.0. The molecule has 0 aliphatic heterocycles. The zero-order valence-electron chi connectivity index (χ0n) is 19.3. The molecule has 3 rings (SSSR count). The van der Waals surface area contributed by atoms with E-state index in [9.17, 15) is 13.2 Å². The number of sulfonamides is 1. The zero-order chi connectivity index (χ0) is 24.2. The Balaban J connectivity index is 1.84. The second kappa shape index (κ2) is 10.6. The summed E-state index contributed by atoms with van der Waals surface area (Å²) < 4.78 is 28.8. The Kier molecular flexibility index (Phi) is 8.10. The fourth-order valence-electron chi connectivity index (χ4n) is 3.74.